The number of hydrogen-bond donors (Lipinski definition) is 15. The Morgan fingerprint density at radius 3 is 1.63 bits per heavy atom. The fourth-order valence-electron chi connectivity index (χ4n) is 10.1. The minimum Gasteiger partial charge on any atom is -0.508 e. The average Bonchev–Trinajstić information content (AvgIpc) is 3.91. The molecule has 1 aromatic rings. The zero-order valence-electron chi connectivity index (χ0n) is 44.0. The third-order valence-electron chi connectivity index (χ3n) is 14.6. The summed E-state index contributed by atoms with van der Waals surface area (Å²) in [4.78, 5) is 97.6. The Bertz CT molecular complexity index is 2030. The molecule has 3 saturated heterocycles. The number of carboxylic acid groups (broad SMARTS) is 1. The van der Waals surface area contributed by atoms with Crippen LogP contribution in [-0.4, -0.2) is 201 Å². The van der Waals surface area contributed by atoms with E-state index >= 15 is 0 Å². The maximum atomic E-state index is 14.3. The number of rotatable bonds is 24. The van der Waals surface area contributed by atoms with Crippen LogP contribution in [-0.2, 0) is 33.6 Å². The molecule has 6 amide bonds. The van der Waals surface area contributed by atoms with Gasteiger partial charge >= 0.3 is 5.97 Å². The van der Waals surface area contributed by atoms with E-state index in [1.165, 1.54) is 38.1 Å². The van der Waals surface area contributed by atoms with Crippen molar-refractivity contribution in [1.29, 1.82) is 0 Å². The maximum absolute atomic E-state index is 14.3. The van der Waals surface area contributed by atoms with Crippen molar-refractivity contribution in [1.82, 2.24) is 36.4 Å². The number of hydrogen-bond acceptors (Lipinski definition) is 17. The van der Waals surface area contributed by atoms with Crippen molar-refractivity contribution >= 4 is 41.4 Å². The van der Waals surface area contributed by atoms with Crippen LogP contribution in [0.4, 0.5) is 0 Å². The summed E-state index contributed by atoms with van der Waals surface area (Å²) in [6.07, 6.45) is -0.362. The largest absolute Gasteiger partial charge is 0.508 e. The number of carbonyl (C=O) groups excluding carboxylic acids is 6. The molecule has 0 saturated carbocycles. The number of aliphatic hydroxyl groups excluding tert-OH is 8. The highest BCUT2D eigenvalue weighted by molar-refractivity contribution is 5.98. The Balaban J connectivity index is 1.53. The number of nitrogens with one attached hydrogen (secondary N) is 5. The van der Waals surface area contributed by atoms with Crippen LogP contribution in [0.3, 0.4) is 0 Å². The maximum Gasteiger partial charge on any atom is 0.303 e. The Labute approximate surface area is 444 Å². The van der Waals surface area contributed by atoms with E-state index in [2.05, 4.69) is 26.6 Å². The highest BCUT2D eigenvalue weighted by Crippen LogP contribution is 2.28. The number of phenols is 1. The molecule has 0 bridgehead atoms. The second kappa shape index (κ2) is 31.4. The van der Waals surface area contributed by atoms with E-state index in [0.29, 0.717) is 6.42 Å². The molecule has 76 heavy (non-hydrogen) atoms. The Morgan fingerprint density at radius 1 is 0.618 bits per heavy atom. The molecule has 24 nitrogen and oxygen atoms in total. The zero-order valence-corrected chi connectivity index (χ0v) is 44.0. The summed E-state index contributed by atoms with van der Waals surface area (Å²) in [6.45, 7) is 3.20. The molecule has 0 radical (unpaired) electrons. The molecular weight excluding hydrogens is 995 g/mol. The molecule has 0 unspecified atom stereocenters. The number of carboxylic acids is 1. The monoisotopic (exact) mass is 1080 g/mol. The van der Waals surface area contributed by atoms with Crippen molar-refractivity contribution in [2.24, 2.45) is 5.92 Å². The van der Waals surface area contributed by atoms with E-state index in [4.69, 9.17) is 5.11 Å². The number of aromatic hydroxyl groups is 1. The van der Waals surface area contributed by atoms with Crippen LogP contribution in [0.5, 0.6) is 5.75 Å². The van der Waals surface area contributed by atoms with Gasteiger partial charge in [0.15, 0.2) is 6.23 Å². The van der Waals surface area contributed by atoms with Gasteiger partial charge in [0.25, 0.3) is 0 Å². The van der Waals surface area contributed by atoms with Gasteiger partial charge in [-0.3, -0.25) is 33.6 Å². The number of benzene rings is 1. The lowest BCUT2D eigenvalue weighted by atomic mass is 9.96. The number of nitrogens with zero attached hydrogens (tertiary/aromatic N) is 2. The van der Waals surface area contributed by atoms with Gasteiger partial charge in [-0.05, 0) is 50.9 Å². The lowest BCUT2D eigenvalue weighted by Gasteiger charge is -2.34. The summed E-state index contributed by atoms with van der Waals surface area (Å²) in [7, 11) is 0. The smallest absolute Gasteiger partial charge is 0.303 e. The van der Waals surface area contributed by atoms with Crippen LogP contribution in [0.25, 0.3) is 0 Å². The Morgan fingerprint density at radius 2 is 1.11 bits per heavy atom. The van der Waals surface area contributed by atoms with Crippen molar-refractivity contribution in [2.75, 3.05) is 19.6 Å². The summed E-state index contributed by atoms with van der Waals surface area (Å²) < 4.78 is 0. The molecule has 15 atom stereocenters. The first-order valence-corrected chi connectivity index (χ1v) is 27.0. The molecule has 0 aromatic heterocycles. The molecule has 3 aliphatic heterocycles. The number of aliphatic carboxylic acids is 1. The molecule has 3 aliphatic rings. The number of amides is 6. The fraction of sp³-hybridized carbons (Fsp3) is 0.750. The normalized spacial score (nSPS) is 29.0. The van der Waals surface area contributed by atoms with Crippen LogP contribution in [0.2, 0.25) is 0 Å². The molecule has 24 heteroatoms. The van der Waals surface area contributed by atoms with Crippen molar-refractivity contribution in [3.8, 4) is 5.75 Å². The average molecular weight is 1080 g/mol. The number of phenolic OH excluding ortho intramolecular Hbond substituents is 1. The Hall–Kier alpha value is -5.05. The number of carbonyl (C=O) groups is 7. The van der Waals surface area contributed by atoms with Crippen LogP contribution < -0.4 is 26.6 Å². The second-order valence-electron chi connectivity index (χ2n) is 21.0. The highest BCUT2D eigenvalue weighted by Gasteiger charge is 2.50. The van der Waals surface area contributed by atoms with Gasteiger partial charge in [0.05, 0.1) is 30.5 Å². The van der Waals surface area contributed by atoms with Gasteiger partial charge in [-0.2, -0.15) is 0 Å². The van der Waals surface area contributed by atoms with Gasteiger partial charge in [-0.15, -0.1) is 0 Å². The SMILES string of the molecule is C[C@@H](O)[C@@H]1NC(=O)[C@H]([C@H](O)[C@@H](O)c2ccc(O)cc2)NC(=O)[C@@H]2C[C@@H](O)CN2C(=O)[C@H]([C@@H](C)O)NC(=O)[C@@H](NCCCCCCCCCCCCCCCCCC(=O)O)C[C@@H](O)[C@@H](O)NC(=O)[C@@H]2[C@@H](O)[C@@H](C)CN2C1=O. The third-order valence-corrected chi connectivity index (χ3v) is 14.6. The van der Waals surface area contributed by atoms with Crippen molar-refractivity contribution < 1.29 is 84.6 Å². The lowest BCUT2D eigenvalue weighted by molar-refractivity contribution is -0.148. The molecule has 3 fully saturated rings. The summed E-state index contributed by atoms with van der Waals surface area (Å²) in [5.41, 5.74) is -0.0451. The minimum atomic E-state index is -2.25. The van der Waals surface area contributed by atoms with E-state index in [-0.39, 0.29) is 30.8 Å². The van der Waals surface area contributed by atoms with Gasteiger partial charge in [0, 0.05) is 38.3 Å². The van der Waals surface area contributed by atoms with Crippen molar-refractivity contribution in [2.45, 2.75) is 222 Å². The number of unbranched alkanes of at least 4 members (excludes halogenated alkanes) is 14. The van der Waals surface area contributed by atoms with Crippen molar-refractivity contribution in [3.63, 3.8) is 0 Å². The van der Waals surface area contributed by atoms with Crippen LogP contribution >= 0.6 is 0 Å². The second-order valence-corrected chi connectivity index (χ2v) is 21.0. The van der Waals surface area contributed by atoms with E-state index in [1.807, 2.05) is 0 Å². The van der Waals surface area contributed by atoms with Gasteiger partial charge in [0.1, 0.15) is 54.3 Å². The molecule has 4 rings (SSSR count). The quantitative estimate of drug-likeness (QED) is 0.0533. The topological polar surface area (TPSA) is 388 Å². The van der Waals surface area contributed by atoms with Crippen LogP contribution in [0.1, 0.15) is 148 Å². The number of aliphatic hydroxyl groups is 8. The van der Waals surface area contributed by atoms with Gasteiger partial charge in [0.2, 0.25) is 35.4 Å². The molecule has 15 N–H and O–H groups in total. The van der Waals surface area contributed by atoms with E-state index in [1.54, 1.807) is 0 Å². The molecular formula is C52H85N7O17. The van der Waals surface area contributed by atoms with Crippen LogP contribution in [0, 0.1) is 5.92 Å². The molecule has 430 valence electrons. The van der Waals surface area contributed by atoms with Gasteiger partial charge < -0.3 is 87.4 Å². The standard InChI is InChI=1S/C52H85N7O17/c1-29-27-59-42(43(29)67)50(74)57-48(72)37(64)26-35(53-24-18-16-14-12-10-8-6-4-5-7-9-11-13-15-17-19-38(65)66)46(70)54-39(30(2)60)51(75)58-28-34(63)25-36(58)47(71)56-41(49(73)55-40(31(3)61)52(59)76)45(69)44(68)32-20-22-33(62)23-21-32/h20-23,29-31,34-37,39-45,48,53,60-64,67-69,72H,4-19,24-28H2,1-3H3,(H,54,70)(H,55,73)(H,56,71)(H,57,74)(H,65,66)/t29-,30+,31+,34+,35-,36-,37+,39-,40-,41-,42-,43-,44-,45-,48+/m0/s1. The molecule has 3 heterocycles. The predicted molar refractivity (Wildman–Crippen MR) is 273 cm³/mol. The van der Waals surface area contributed by atoms with E-state index in [9.17, 15) is 79.5 Å². The fourth-order valence-corrected chi connectivity index (χ4v) is 10.1. The summed E-state index contributed by atoms with van der Waals surface area (Å²) >= 11 is 0. The van der Waals surface area contributed by atoms with E-state index < -0.39 is 152 Å². The minimum absolute atomic E-state index is 0.0451. The first kappa shape index (κ1) is 63.5. The summed E-state index contributed by atoms with van der Waals surface area (Å²) in [6, 6.07) is -5.93. The van der Waals surface area contributed by atoms with Crippen molar-refractivity contribution in [3.05, 3.63) is 29.8 Å². The summed E-state index contributed by atoms with van der Waals surface area (Å²) in [5.74, 6) is -8.58. The first-order chi connectivity index (χ1) is 36.0. The third kappa shape index (κ3) is 18.9. The van der Waals surface area contributed by atoms with Crippen LogP contribution in [0.15, 0.2) is 24.3 Å². The lowest BCUT2D eigenvalue weighted by Crippen LogP contribution is -2.64. The highest BCUT2D eigenvalue weighted by atomic mass is 16.4. The Kier molecular flexibility index (Phi) is 26.2. The molecule has 1 aromatic carbocycles. The van der Waals surface area contributed by atoms with Gasteiger partial charge in [-0.25, -0.2) is 0 Å². The summed E-state index contributed by atoms with van der Waals surface area (Å²) in [5, 5.41) is 120. The van der Waals surface area contributed by atoms with Gasteiger partial charge in [-0.1, -0.05) is 103 Å². The first-order valence-electron chi connectivity index (χ1n) is 27.0. The van der Waals surface area contributed by atoms with E-state index in [0.717, 1.165) is 107 Å². The predicted octanol–water partition coefficient (Wildman–Crippen LogP) is -1.34. The zero-order chi connectivity index (χ0) is 56.2. The number of fused-ring (bicyclic) bond motifs is 2. The molecule has 0 spiro atoms. The molecule has 0 aliphatic carbocycles.